The normalized spacial score (nSPS) is 9.64. The van der Waals surface area contributed by atoms with Crippen LogP contribution in [0.5, 0.6) is 11.5 Å². The SMILES string of the molecule is COc1ccc(NC(C)=O)cc1NC(=O)COc1cccc(C#N)c1. The zero-order chi connectivity index (χ0) is 18.2. The second-order valence-corrected chi connectivity index (χ2v) is 5.07. The molecule has 2 rings (SSSR count). The first-order valence-electron chi connectivity index (χ1n) is 7.40. The molecular formula is C18H17N3O4. The predicted octanol–water partition coefficient (Wildman–Crippen LogP) is 2.54. The Labute approximate surface area is 145 Å². The van der Waals surface area contributed by atoms with Gasteiger partial charge in [-0.3, -0.25) is 9.59 Å². The number of nitriles is 1. The second kappa shape index (κ2) is 8.36. The number of benzene rings is 2. The molecule has 0 bridgehead atoms. The zero-order valence-electron chi connectivity index (χ0n) is 13.8. The number of nitrogens with zero attached hydrogens (tertiary/aromatic N) is 1. The van der Waals surface area contributed by atoms with E-state index in [9.17, 15) is 9.59 Å². The van der Waals surface area contributed by atoms with Crippen molar-refractivity contribution in [1.29, 1.82) is 5.26 Å². The molecule has 0 aliphatic heterocycles. The summed E-state index contributed by atoms with van der Waals surface area (Å²) in [5.41, 5.74) is 1.39. The Bertz CT molecular complexity index is 827. The summed E-state index contributed by atoms with van der Waals surface area (Å²) in [4.78, 5) is 23.2. The fourth-order valence-electron chi connectivity index (χ4n) is 2.08. The number of carbonyl (C=O) groups is 2. The standard InChI is InChI=1S/C18H17N3O4/c1-12(22)20-14-6-7-17(24-2)16(9-14)21-18(23)11-25-15-5-3-4-13(8-15)10-19/h3-9H,11H2,1-2H3,(H,20,22)(H,21,23). The van der Waals surface area contributed by atoms with Gasteiger partial charge in [0.05, 0.1) is 24.4 Å². The summed E-state index contributed by atoms with van der Waals surface area (Å²) < 4.78 is 10.6. The van der Waals surface area contributed by atoms with Crippen molar-refractivity contribution in [1.82, 2.24) is 0 Å². The molecule has 7 nitrogen and oxygen atoms in total. The maximum Gasteiger partial charge on any atom is 0.262 e. The lowest BCUT2D eigenvalue weighted by Gasteiger charge is -2.13. The van der Waals surface area contributed by atoms with Crippen LogP contribution in [0.15, 0.2) is 42.5 Å². The predicted molar refractivity (Wildman–Crippen MR) is 92.6 cm³/mol. The Kier molecular flexibility index (Phi) is 5.96. The largest absolute Gasteiger partial charge is 0.495 e. The van der Waals surface area contributed by atoms with E-state index < -0.39 is 5.91 Å². The molecule has 0 fully saturated rings. The van der Waals surface area contributed by atoms with Gasteiger partial charge >= 0.3 is 0 Å². The first-order chi connectivity index (χ1) is 12.0. The molecule has 2 aromatic carbocycles. The highest BCUT2D eigenvalue weighted by molar-refractivity contribution is 5.95. The monoisotopic (exact) mass is 339 g/mol. The highest BCUT2D eigenvalue weighted by atomic mass is 16.5. The summed E-state index contributed by atoms with van der Waals surface area (Å²) in [6.45, 7) is 1.16. The van der Waals surface area contributed by atoms with Crippen LogP contribution in [0.25, 0.3) is 0 Å². The van der Waals surface area contributed by atoms with Crippen LogP contribution in [0, 0.1) is 11.3 Å². The smallest absolute Gasteiger partial charge is 0.262 e. The number of nitrogens with one attached hydrogen (secondary N) is 2. The summed E-state index contributed by atoms with van der Waals surface area (Å²) in [5.74, 6) is 0.255. The van der Waals surface area contributed by atoms with Gasteiger partial charge in [0, 0.05) is 12.6 Å². The number of anilines is 2. The lowest BCUT2D eigenvalue weighted by Crippen LogP contribution is -2.20. The number of methoxy groups -OCH3 is 1. The first kappa shape index (κ1) is 17.8. The van der Waals surface area contributed by atoms with E-state index in [1.807, 2.05) is 6.07 Å². The van der Waals surface area contributed by atoms with E-state index >= 15 is 0 Å². The summed E-state index contributed by atoms with van der Waals surface area (Å²) in [6, 6.07) is 13.4. The van der Waals surface area contributed by atoms with E-state index in [2.05, 4.69) is 10.6 Å². The summed E-state index contributed by atoms with van der Waals surface area (Å²) >= 11 is 0. The molecule has 0 aliphatic rings. The quantitative estimate of drug-likeness (QED) is 0.842. The van der Waals surface area contributed by atoms with Crippen LogP contribution in [0.3, 0.4) is 0 Å². The van der Waals surface area contributed by atoms with Gasteiger partial charge in [0.25, 0.3) is 5.91 Å². The van der Waals surface area contributed by atoms with Gasteiger partial charge in [0.15, 0.2) is 6.61 Å². The van der Waals surface area contributed by atoms with Crippen molar-refractivity contribution in [2.24, 2.45) is 0 Å². The Balaban J connectivity index is 2.03. The molecule has 0 heterocycles. The highest BCUT2D eigenvalue weighted by Crippen LogP contribution is 2.27. The molecule has 0 unspecified atom stereocenters. The zero-order valence-corrected chi connectivity index (χ0v) is 13.8. The van der Waals surface area contributed by atoms with Crippen molar-refractivity contribution in [3.05, 3.63) is 48.0 Å². The van der Waals surface area contributed by atoms with Gasteiger partial charge in [-0.25, -0.2) is 0 Å². The number of amides is 2. The van der Waals surface area contributed by atoms with Crippen molar-refractivity contribution < 1.29 is 19.1 Å². The number of hydrogen-bond acceptors (Lipinski definition) is 5. The Morgan fingerprint density at radius 3 is 2.64 bits per heavy atom. The van der Waals surface area contributed by atoms with E-state index in [-0.39, 0.29) is 12.5 Å². The molecule has 0 atom stereocenters. The van der Waals surface area contributed by atoms with Crippen LogP contribution < -0.4 is 20.1 Å². The number of ether oxygens (including phenoxy) is 2. The maximum atomic E-state index is 12.1. The van der Waals surface area contributed by atoms with Crippen molar-refractivity contribution >= 4 is 23.2 Å². The lowest BCUT2D eigenvalue weighted by molar-refractivity contribution is -0.118. The van der Waals surface area contributed by atoms with E-state index in [1.54, 1.807) is 42.5 Å². The Hall–Kier alpha value is -3.53. The molecular weight excluding hydrogens is 322 g/mol. The van der Waals surface area contributed by atoms with E-state index in [4.69, 9.17) is 14.7 Å². The average molecular weight is 339 g/mol. The lowest BCUT2D eigenvalue weighted by atomic mass is 10.2. The molecule has 2 aromatic rings. The van der Waals surface area contributed by atoms with E-state index in [1.165, 1.54) is 14.0 Å². The van der Waals surface area contributed by atoms with Gasteiger partial charge in [0.2, 0.25) is 5.91 Å². The maximum absolute atomic E-state index is 12.1. The first-order valence-corrected chi connectivity index (χ1v) is 7.40. The third-order valence-corrected chi connectivity index (χ3v) is 3.13. The summed E-state index contributed by atoms with van der Waals surface area (Å²) in [5, 5.41) is 14.2. The minimum atomic E-state index is -0.402. The topological polar surface area (TPSA) is 100 Å². The minimum absolute atomic E-state index is 0.219. The van der Waals surface area contributed by atoms with Crippen LogP contribution in [-0.2, 0) is 9.59 Å². The van der Waals surface area contributed by atoms with Crippen molar-refractivity contribution in [3.8, 4) is 17.6 Å². The average Bonchev–Trinajstić information content (AvgIpc) is 2.60. The van der Waals surface area contributed by atoms with Crippen molar-refractivity contribution in [2.75, 3.05) is 24.4 Å². The molecule has 7 heteroatoms. The highest BCUT2D eigenvalue weighted by Gasteiger charge is 2.10. The number of rotatable bonds is 6. The number of hydrogen-bond donors (Lipinski definition) is 2. The van der Waals surface area contributed by atoms with E-state index in [0.29, 0.717) is 28.4 Å². The molecule has 0 spiro atoms. The van der Waals surface area contributed by atoms with Gasteiger partial charge in [-0.2, -0.15) is 5.26 Å². The van der Waals surface area contributed by atoms with Crippen LogP contribution in [-0.4, -0.2) is 25.5 Å². The van der Waals surface area contributed by atoms with Crippen molar-refractivity contribution in [2.45, 2.75) is 6.92 Å². The third kappa shape index (κ3) is 5.25. The summed E-state index contributed by atoms with van der Waals surface area (Å²) in [6.07, 6.45) is 0. The third-order valence-electron chi connectivity index (χ3n) is 3.13. The Morgan fingerprint density at radius 1 is 1.16 bits per heavy atom. The van der Waals surface area contributed by atoms with Crippen LogP contribution in [0.2, 0.25) is 0 Å². The molecule has 0 aliphatic carbocycles. The summed E-state index contributed by atoms with van der Waals surface area (Å²) in [7, 11) is 1.48. The van der Waals surface area contributed by atoms with Crippen LogP contribution in [0.1, 0.15) is 12.5 Å². The van der Waals surface area contributed by atoms with Crippen LogP contribution >= 0.6 is 0 Å². The van der Waals surface area contributed by atoms with Gasteiger partial charge in [-0.15, -0.1) is 0 Å². The van der Waals surface area contributed by atoms with E-state index in [0.717, 1.165) is 0 Å². The second-order valence-electron chi connectivity index (χ2n) is 5.07. The molecule has 0 aromatic heterocycles. The van der Waals surface area contributed by atoms with Gasteiger partial charge < -0.3 is 20.1 Å². The fraction of sp³-hybridized carbons (Fsp3) is 0.167. The van der Waals surface area contributed by atoms with Gasteiger partial charge in [-0.1, -0.05) is 6.07 Å². The molecule has 0 saturated carbocycles. The molecule has 25 heavy (non-hydrogen) atoms. The minimum Gasteiger partial charge on any atom is -0.495 e. The van der Waals surface area contributed by atoms with Gasteiger partial charge in [-0.05, 0) is 36.4 Å². The molecule has 2 amide bonds. The Morgan fingerprint density at radius 2 is 1.96 bits per heavy atom. The molecule has 128 valence electrons. The number of carbonyl (C=O) groups excluding carboxylic acids is 2. The molecule has 0 saturated heterocycles. The molecule has 0 radical (unpaired) electrons. The molecule has 2 N–H and O–H groups in total. The van der Waals surface area contributed by atoms with Gasteiger partial charge in [0.1, 0.15) is 11.5 Å². The van der Waals surface area contributed by atoms with Crippen LogP contribution in [0.4, 0.5) is 11.4 Å². The van der Waals surface area contributed by atoms with Crippen molar-refractivity contribution in [3.63, 3.8) is 0 Å². The fourth-order valence-corrected chi connectivity index (χ4v) is 2.08.